The van der Waals surface area contributed by atoms with E-state index >= 15 is 0 Å². The highest BCUT2D eigenvalue weighted by Gasteiger charge is 2.35. The van der Waals surface area contributed by atoms with Crippen molar-refractivity contribution in [2.24, 2.45) is 0 Å². The third kappa shape index (κ3) is 7.05. The number of thiol groups is 1. The molecule has 2 atom stereocenters. The Balaban J connectivity index is 1.80. The summed E-state index contributed by atoms with van der Waals surface area (Å²) in [6.07, 6.45) is 5.92. The van der Waals surface area contributed by atoms with Gasteiger partial charge >= 0.3 is 0 Å². The number of rotatable bonds is 8. The molecule has 34 heavy (non-hydrogen) atoms. The van der Waals surface area contributed by atoms with Crippen LogP contribution in [-0.4, -0.2) is 23.7 Å². The van der Waals surface area contributed by atoms with Crippen LogP contribution >= 0.6 is 12.6 Å². The third-order valence-electron chi connectivity index (χ3n) is 6.87. The summed E-state index contributed by atoms with van der Waals surface area (Å²) in [6, 6.07) is 12.0. The fourth-order valence-electron chi connectivity index (χ4n) is 4.98. The minimum atomic E-state index is -0.620. The maximum atomic E-state index is 13.7. The Kier molecular flexibility index (Phi) is 8.80. The third-order valence-corrected chi connectivity index (χ3v) is 7.41. The Bertz CT molecular complexity index is 962. The molecule has 0 aromatic heterocycles. The topological polar surface area (TPSA) is 41.1 Å². The minimum Gasteiger partial charge on any atom is -0.352 e. The summed E-state index contributed by atoms with van der Waals surface area (Å²) in [5.41, 5.74) is 3.02. The van der Waals surface area contributed by atoms with E-state index in [1.807, 2.05) is 0 Å². The van der Waals surface area contributed by atoms with Crippen LogP contribution in [0.4, 0.5) is 8.78 Å². The largest absolute Gasteiger partial charge is 0.352 e. The van der Waals surface area contributed by atoms with Gasteiger partial charge in [-0.25, -0.2) is 8.78 Å². The average molecular weight is 489 g/mol. The van der Waals surface area contributed by atoms with Gasteiger partial charge in [0.05, 0.1) is 0 Å². The number of hydrogen-bond acceptors (Lipinski definition) is 3. The molecule has 3 nitrogen and oxygen atoms in total. The van der Waals surface area contributed by atoms with Crippen molar-refractivity contribution in [2.75, 3.05) is 6.54 Å². The summed E-state index contributed by atoms with van der Waals surface area (Å²) in [6.45, 7) is 8.69. The highest BCUT2D eigenvalue weighted by atomic mass is 32.1. The van der Waals surface area contributed by atoms with E-state index in [0.29, 0.717) is 18.5 Å². The lowest BCUT2D eigenvalue weighted by Crippen LogP contribution is -2.51. The smallest absolute Gasteiger partial charge is 0.217 e. The van der Waals surface area contributed by atoms with Crippen LogP contribution in [0.3, 0.4) is 0 Å². The molecule has 0 heterocycles. The van der Waals surface area contributed by atoms with E-state index in [0.717, 1.165) is 31.7 Å². The number of carbonyl (C=O) groups is 1. The van der Waals surface area contributed by atoms with Crippen LogP contribution in [-0.2, 0) is 22.2 Å². The molecule has 0 spiro atoms. The molecule has 2 aromatic carbocycles. The molecular formula is C28H38F2N2OS. The molecule has 186 valence electrons. The second-order valence-corrected chi connectivity index (χ2v) is 11.4. The van der Waals surface area contributed by atoms with Gasteiger partial charge in [0.2, 0.25) is 5.91 Å². The molecule has 1 aliphatic rings. The molecule has 6 heteroatoms. The first-order valence-electron chi connectivity index (χ1n) is 12.2. The zero-order valence-corrected chi connectivity index (χ0v) is 21.7. The maximum Gasteiger partial charge on any atom is 0.217 e. The predicted octanol–water partition coefficient (Wildman–Crippen LogP) is 6.06. The average Bonchev–Trinajstić information content (AvgIpc) is 2.76. The van der Waals surface area contributed by atoms with Crippen molar-refractivity contribution in [3.8, 4) is 0 Å². The normalized spacial score (nSPS) is 17.7. The maximum absolute atomic E-state index is 13.7. The summed E-state index contributed by atoms with van der Waals surface area (Å²) >= 11 is 4.83. The number of benzene rings is 2. The number of halogens is 2. The lowest BCUT2D eigenvalue weighted by Gasteiger charge is -2.41. The SMILES string of the molecule is CC(=O)N[C@@H](Cc1cc(F)cc(F)c1)[C@@H](S)CNC1(c2cccc(C(C)(C)C)c2)CCCCC1. The van der Waals surface area contributed by atoms with Crippen molar-refractivity contribution in [3.05, 3.63) is 70.8 Å². The second-order valence-electron chi connectivity index (χ2n) is 10.7. The molecule has 3 rings (SSSR count). The molecule has 1 fully saturated rings. The lowest BCUT2D eigenvalue weighted by molar-refractivity contribution is -0.119. The standard InChI is InChI=1S/C28H38F2N2OS/c1-19(33)32-25(15-20-13-23(29)17-24(30)14-20)26(34)18-31-28(11-6-5-7-12-28)22-10-8-9-21(16-22)27(2,3)4/h8-10,13-14,16-17,25-26,31,34H,5-7,11-12,15,18H2,1-4H3,(H,32,33)/t25-,26-/m0/s1. The number of hydrogen-bond donors (Lipinski definition) is 3. The summed E-state index contributed by atoms with van der Waals surface area (Å²) in [7, 11) is 0. The van der Waals surface area contributed by atoms with Crippen LogP contribution in [0.25, 0.3) is 0 Å². The van der Waals surface area contributed by atoms with Gasteiger partial charge < -0.3 is 10.6 Å². The predicted molar refractivity (Wildman–Crippen MR) is 138 cm³/mol. The van der Waals surface area contributed by atoms with Crippen LogP contribution in [0.15, 0.2) is 42.5 Å². The van der Waals surface area contributed by atoms with Crippen molar-refractivity contribution >= 4 is 18.5 Å². The van der Waals surface area contributed by atoms with E-state index in [1.165, 1.54) is 36.6 Å². The Morgan fingerprint density at radius 1 is 1.06 bits per heavy atom. The molecule has 2 N–H and O–H groups in total. The Labute approximate surface area is 208 Å². The van der Waals surface area contributed by atoms with E-state index in [-0.39, 0.29) is 28.2 Å². The van der Waals surface area contributed by atoms with Crippen molar-refractivity contribution in [2.45, 2.75) is 88.5 Å². The molecule has 0 unspecified atom stereocenters. The van der Waals surface area contributed by atoms with Crippen molar-refractivity contribution in [1.29, 1.82) is 0 Å². The Morgan fingerprint density at radius 3 is 2.29 bits per heavy atom. The molecule has 0 aliphatic heterocycles. The Morgan fingerprint density at radius 2 is 1.71 bits per heavy atom. The number of nitrogens with one attached hydrogen (secondary N) is 2. The van der Waals surface area contributed by atoms with Crippen LogP contribution in [0.2, 0.25) is 0 Å². The van der Waals surface area contributed by atoms with E-state index < -0.39 is 11.6 Å². The van der Waals surface area contributed by atoms with E-state index in [1.54, 1.807) is 0 Å². The van der Waals surface area contributed by atoms with Gasteiger partial charge in [-0.2, -0.15) is 12.6 Å². The van der Waals surface area contributed by atoms with Crippen molar-refractivity contribution in [1.82, 2.24) is 10.6 Å². The summed E-state index contributed by atoms with van der Waals surface area (Å²) < 4.78 is 27.5. The van der Waals surface area contributed by atoms with Gasteiger partial charge in [-0.1, -0.05) is 64.3 Å². The molecule has 0 radical (unpaired) electrons. The Hall–Kier alpha value is -1.92. The van der Waals surface area contributed by atoms with Crippen LogP contribution < -0.4 is 10.6 Å². The van der Waals surface area contributed by atoms with E-state index in [4.69, 9.17) is 12.6 Å². The van der Waals surface area contributed by atoms with E-state index in [9.17, 15) is 13.6 Å². The first kappa shape index (κ1) is 26.7. The van der Waals surface area contributed by atoms with Gasteiger partial charge in [0.25, 0.3) is 0 Å². The molecule has 0 bridgehead atoms. The van der Waals surface area contributed by atoms with Gasteiger partial charge in [0.15, 0.2) is 0 Å². The van der Waals surface area contributed by atoms with Gasteiger partial charge in [0.1, 0.15) is 11.6 Å². The zero-order chi connectivity index (χ0) is 24.9. The molecule has 1 saturated carbocycles. The van der Waals surface area contributed by atoms with Crippen LogP contribution in [0, 0.1) is 11.6 Å². The fraction of sp³-hybridized carbons (Fsp3) is 0.536. The van der Waals surface area contributed by atoms with Gasteiger partial charge in [-0.05, 0) is 53.5 Å². The van der Waals surface area contributed by atoms with Crippen molar-refractivity contribution < 1.29 is 13.6 Å². The molecule has 0 saturated heterocycles. The highest BCUT2D eigenvalue weighted by Crippen LogP contribution is 2.38. The van der Waals surface area contributed by atoms with Gasteiger partial charge in [-0.3, -0.25) is 4.79 Å². The molecule has 2 aromatic rings. The number of amides is 1. The van der Waals surface area contributed by atoms with E-state index in [2.05, 4.69) is 55.7 Å². The van der Waals surface area contributed by atoms with Gasteiger partial charge in [-0.15, -0.1) is 0 Å². The van der Waals surface area contributed by atoms with Crippen molar-refractivity contribution in [3.63, 3.8) is 0 Å². The minimum absolute atomic E-state index is 0.0642. The zero-order valence-electron chi connectivity index (χ0n) is 20.8. The molecular weight excluding hydrogens is 450 g/mol. The number of carbonyl (C=O) groups excluding carboxylic acids is 1. The summed E-state index contributed by atoms with van der Waals surface area (Å²) in [5, 5.41) is 6.52. The first-order valence-corrected chi connectivity index (χ1v) is 12.8. The second kappa shape index (κ2) is 11.2. The fourth-order valence-corrected chi connectivity index (χ4v) is 5.25. The highest BCUT2D eigenvalue weighted by molar-refractivity contribution is 7.81. The van der Waals surface area contributed by atoms with Crippen LogP contribution in [0.1, 0.15) is 76.5 Å². The molecule has 1 aliphatic carbocycles. The summed E-state index contributed by atoms with van der Waals surface area (Å²) in [5.74, 6) is -1.43. The van der Waals surface area contributed by atoms with Gasteiger partial charge in [0, 0.05) is 36.4 Å². The first-order chi connectivity index (χ1) is 16.0. The lowest BCUT2D eigenvalue weighted by atomic mass is 9.74. The monoisotopic (exact) mass is 488 g/mol. The quantitative estimate of drug-likeness (QED) is 0.396. The van der Waals surface area contributed by atoms with Crippen LogP contribution in [0.5, 0.6) is 0 Å². The molecule has 1 amide bonds. The summed E-state index contributed by atoms with van der Waals surface area (Å²) in [4.78, 5) is 11.9.